The number of amides is 1. The molecule has 9 heteroatoms. The second kappa shape index (κ2) is 9.38. The van der Waals surface area contributed by atoms with Crippen LogP contribution in [0.4, 0.5) is 20.3 Å². The van der Waals surface area contributed by atoms with Crippen molar-refractivity contribution in [3.8, 4) is 5.82 Å². The highest BCUT2D eigenvalue weighted by molar-refractivity contribution is 6.04. The number of pyridine rings is 2. The summed E-state index contributed by atoms with van der Waals surface area (Å²) in [6.07, 6.45) is 6.22. The van der Waals surface area contributed by atoms with Crippen LogP contribution in [0.25, 0.3) is 5.82 Å². The number of piperidine rings is 1. The summed E-state index contributed by atoms with van der Waals surface area (Å²) in [5, 5.41) is 6.39. The molecule has 1 N–H and O–H groups in total. The van der Waals surface area contributed by atoms with Crippen LogP contribution in [0.2, 0.25) is 0 Å². The molecule has 3 aromatic heterocycles. The molecule has 0 bridgehead atoms. The number of carbonyl (C=O) groups excluding carboxylic acids is 1. The largest absolute Gasteiger partial charge is 0.357 e. The fraction of sp³-hybridized carbons (Fsp3) is 0.200. The fourth-order valence-corrected chi connectivity index (χ4v) is 4.16. The normalized spacial score (nSPS) is 14.2. The van der Waals surface area contributed by atoms with Gasteiger partial charge in [-0.15, -0.1) is 5.10 Å². The van der Waals surface area contributed by atoms with Crippen molar-refractivity contribution >= 4 is 17.4 Å². The molecule has 1 amide bonds. The molecule has 1 fully saturated rings. The highest BCUT2D eigenvalue weighted by Gasteiger charge is 2.22. The van der Waals surface area contributed by atoms with Crippen LogP contribution < -0.4 is 10.2 Å². The molecular weight excluding hydrogens is 438 g/mol. The van der Waals surface area contributed by atoms with Crippen molar-refractivity contribution in [3.63, 3.8) is 0 Å². The standard InChI is InChI=1S/C25H22F2N6O/c26-19-5-3-4-18(14-19)17-9-12-32(13-10-17)22-8-7-20(15-29-22)30-25(34)21-16-33(31-24(21)27)23-6-1-2-11-28-23/h1-8,11,14-17H,9-10,12-13H2,(H,30,34). The fourth-order valence-electron chi connectivity index (χ4n) is 4.16. The van der Waals surface area contributed by atoms with E-state index < -0.39 is 11.9 Å². The van der Waals surface area contributed by atoms with Crippen LogP contribution in [-0.2, 0) is 0 Å². The minimum atomic E-state index is -0.881. The minimum Gasteiger partial charge on any atom is -0.357 e. The van der Waals surface area contributed by atoms with Gasteiger partial charge < -0.3 is 10.2 Å². The summed E-state index contributed by atoms with van der Waals surface area (Å²) in [5.41, 5.74) is 1.30. The predicted molar refractivity (Wildman–Crippen MR) is 124 cm³/mol. The Balaban J connectivity index is 1.21. The third-order valence-electron chi connectivity index (χ3n) is 5.94. The first-order valence-electron chi connectivity index (χ1n) is 11.0. The molecule has 0 aliphatic carbocycles. The maximum atomic E-state index is 14.3. The van der Waals surface area contributed by atoms with Crippen molar-refractivity contribution in [2.24, 2.45) is 0 Å². The number of benzene rings is 1. The van der Waals surface area contributed by atoms with E-state index in [2.05, 4.69) is 25.3 Å². The van der Waals surface area contributed by atoms with Crippen molar-refractivity contribution in [3.05, 3.63) is 96.1 Å². The highest BCUT2D eigenvalue weighted by atomic mass is 19.1. The zero-order chi connectivity index (χ0) is 23.5. The first kappa shape index (κ1) is 21.7. The molecule has 0 spiro atoms. The number of nitrogens with one attached hydrogen (secondary N) is 1. The quantitative estimate of drug-likeness (QED) is 0.472. The maximum absolute atomic E-state index is 14.3. The predicted octanol–water partition coefficient (Wildman–Crippen LogP) is 4.58. The SMILES string of the molecule is O=C(Nc1ccc(N2CCC(c3cccc(F)c3)CC2)nc1)c1cn(-c2ccccn2)nc1F. The Morgan fingerprint density at radius 1 is 0.971 bits per heavy atom. The molecule has 1 aliphatic heterocycles. The number of hydrogen-bond acceptors (Lipinski definition) is 5. The summed E-state index contributed by atoms with van der Waals surface area (Å²) < 4.78 is 29.0. The van der Waals surface area contributed by atoms with Gasteiger partial charge in [-0.1, -0.05) is 18.2 Å². The van der Waals surface area contributed by atoms with Crippen molar-refractivity contribution in [2.75, 3.05) is 23.3 Å². The number of anilines is 2. The van der Waals surface area contributed by atoms with E-state index in [0.29, 0.717) is 17.4 Å². The molecular formula is C25H22F2N6O. The van der Waals surface area contributed by atoms with Crippen LogP contribution >= 0.6 is 0 Å². The van der Waals surface area contributed by atoms with Gasteiger partial charge >= 0.3 is 0 Å². The van der Waals surface area contributed by atoms with Gasteiger partial charge in [0.25, 0.3) is 5.91 Å². The van der Waals surface area contributed by atoms with E-state index in [0.717, 1.165) is 37.3 Å². The maximum Gasteiger partial charge on any atom is 0.262 e. The Morgan fingerprint density at radius 3 is 2.53 bits per heavy atom. The topological polar surface area (TPSA) is 75.9 Å². The zero-order valence-corrected chi connectivity index (χ0v) is 18.2. The molecule has 4 aromatic rings. The summed E-state index contributed by atoms with van der Waals surface area (Å²) in [5.74, 6) is -0.174. The van der Waals surface area contributed by atoms with Gasteiger partial charge in [0, 0.05) is 25.5 Å². The van der Waals surface area contributed by atoms with E-state index in [1.807, 2.05) is 12.1 Å². The second-order valence-electron chi connectivity index (χ2n) is 8.14. The molecule has 172 valence electrons. The molecule has 1 aliphatic rings. The molecule has 0 saturated carbocycles. The first-order valence-corrected chi connectivity index (χ1v) is 11.0. The number of nitrogens with zero attached hydrogens (tertiary/aromatic N) is 5. The number of hydrogen-bond donors (Lipinski definition) is 1. The molecule has 1 saturated heterocycles. The molecule has 0 radical (unpaired) electrons. The lowest BCUT2D eigenvalue weighted by molar-refractivity contribution is 0.102. The summed E-state index contributed by atoms with van der Waals surface area (Å²) in [6.45, 7) is 1.61. The van der Waals surface area contributed by atoms with E-state index in [1.165, 1.54) is 16.9 Å². The summed E-state index contributed by atoms with van der Waals surface area (Å²) >= 11 is 0. The molecule has 5 rings (SSSR count). The van der Waals surface area contributed by atoms with Crippen LogP contribution in [0, 0.1) is 11.8 Å². The van der Waals surface area contributed by atoms with Crippen molar-refractivity contribution in [1.82, 2.24) is 19.7 Å². The smallest absolute Gasteiger partial charge is 0.262 e. The molecule has 0 unspecified atom stereocenters. The van der Waals surface area contributed by atoms with Gasteiger partial charge in [0.05, 0.1) is 11.9 Å². The summed E-state index contributed by atoms with van der Waals surface area (Å²) in [7, 11) is 0. The monoisotopic (exact) mass is 460 g/mol. The van der Waals surface area contributed by atoms with Crippen LogP contribution in [0.5, 0.6) is 0 Å². The lowest BCUT2D eigenvalue weighted by Crippen LogP contribution is -2.33. The molecule has 7 nitrogen and oxygen atoms in total. The zero-order valence-electron chi connectivity index (χ0n) is 18.2. The van der Waals surface area contributed by atoms with Crippen LogP contribution in [0.15, 0.2) is 73.2 Å². The number of carbonyl (C=O) groups is 1. The van der Waals surface area contributed by atoms with Crippen molar-refractivity contribution in [2.45, 2.75) is 18.8 Å². The summed E-state index contributed by atoms with van der Waals surface area (Å²) in [4.78, 5) is 23.3. The Kier molecular flexibility index (Phi) is 5.99. The second-order valence-corrected chi connectivity index (χ2v) is 8.14. The molecule has 0 atom stereocenters. The van der Waals surface area contributed by atoms with Crippen LogP contribution in [0.1, 0.15) is 34.7 Å². The Labute approximate surface area is 195 Å². The third kappa shape index (κ3) is 4.63. The molecule has 34 heavy (non-hydrogen) atoms. The lowest BCUT2D eigenvalue weighted by Gasteiger charge is -2.33. The number of aromatic nitrogens is 4. The van der Waals surface area contributed by atoms with Gasteiger partial charge in [0.2, 0.25) is 5.95 Å². The van der Waals surface area contributed by atoms with Crippen molar-refractivity contribution in [1.29, 1.82) is 0 Å². The van der Waals surface area contributed by atoms with E-state index in [1.54, 1.807) is 48.8 Å². The van der Waals surface area contributed by atoms with Crippen molar-refractivity contribution < 1.29 is 13.6 Å². The third-order valence-corrected chi connectivity index (χ3v) is 5.94. The van der Waals surface area contributed by atoms with Crippen LogP contribution in [-0.4, -0.2) is 38.7 Å². The van der Waals surface area contributed by atoms with Gasteiger partial charge in [-0.25, -0.2) is 19.0 Å². The van der Waals surface area contributed by atoms with E-state index in [9.17, 15) is 13.6 Å². The first-order chi connectivity index (χ1) is 16.6. The van der Waals surface area contributed by atoms with Crippen LogP contribution in [0.3, 0.4) is 0 Å². The Bertz CT molecular complexity index is 1280. The van der Waals surface area contributed by atoms with E-state index in [4.69, 9.17) is 0 Å². The average Bonchev–Trinajstić information content (AvgIpc) is 3.27. The highest BCUT2D eigenvalue weighted by Crippen LogP contribution is 2.30. The lowest BCUT2D eigenvalue weighted by atomic mass is 9.89. The Morgan fingerprint density at radius 2 is 1.82 bits per heavy atom. The van der Waals surface area contributed by atoms with E-state index in [-0.39, 0.29) is 11.4 Å². The van der Waals surface area contributed by atoms with Gasteiger partial charge in [-0.3, -0.25) is 4.79 Å². The average molecular weight is 460 g/mol. The van der Waals surface area contributed by atoms with Gasteiger partial charge in [-0.2, -0.15) is 4.39 Å². The van der Waals surface area contributed by atoms with E-state index >= 15 is 0 Å². The van der Waals surface area contributed by atoms with Gasteiger partial charge in [0.15, 0.2) is 5.82 Å². The Hall–Kier alpha value is -4.14. The van der Waals surface area contributed by atoms with Gasteiger partial charge in [-0.05, 0) is 60.7 Å². The summed E-state index contributed by atoms with van der Waals surface area (Å²) in [6, 6.07) is 15.5. The minimum absolute atomic E-state index is 0.186. The number of rotatable bonds is 5. The number of halogens is 2. The molecule has 1 aromatic carbocycles. The van der Waals surface area contributed by atoms with Gasteiger partial charge in [0.1, 0.15) is 17.2 Å². The molecule has 4 heterocycles.